The van der Waals surface area contributed by atoms with Crippen molar-refractivity contribution in [3.05, 3.63) is 11.4 Å². The van der Waals surface area contributed by atoms with Gasteiger partial charge < -0.3 is 10.6 Å². The number of nitrogens with two attached hydrogens (primary N) is 1. The van der Waals surface area contributed by atoms with Gasteiger partial charge in [-0.2, -0.15) is 5.10 Å². The Morgan fingerprint density at radius 3 is 2.90 bits per heavy atom. The van der Waals surface area contributed by atoms with E-state index in [1.54, 1.807) is 4.90 Å². The van der Waals surface area contributed by atoms with Gasteiger partial charge in [-0.3, -0.25) is 14.8 Å². The zero-order chi connectivity index (χ0) is 14.7. The Morgan fingerprint density at radius 2 is 2.30 bits per heavy atom. The number of nitrogen functional groups attached to an aromatic ring is 1. The first-order chi connectivity index (χ1) is 9.58. The van der Waals surface area contributed by atoms with E-state index < -0.39 is 0 Å². The highest BCUT2D eigenvalue weighted by Gasteiger charge is 2.27. The van der Waals surface area contributed by atoms with Gasteiger partial charge in [0.1, 0.15) is 0 Å². The number of aryl methyl sites for hydroxylation is 1. The van der Waals surface area contributed by atoms with E-state index in [0.717, 1.165) is 38.2 Å². The number of likely N-dealkylation sites (N-methyl/N-ethyl adjacent to an activating group) is 2. The number of H-pyrrole nitrogens is 1. The van der Waals surface area contributed by atoms with Crippen molar-refractivity contribution < 1.29 is 4.79 Å². The molecule has 0 aromatic carbocycles. The summed E-state index contributed by atoms with van der Waals surface area (Å²) in [6.45, 7) is 7.06. The van der Waals surface area contributed by atoms with Crippen LogP contribution in [0.4, 0.5) is 5.69 Å². The number of nitrogens with one attached hydrogen (secondary N) is 1. The second-order valence-electron chi connectivity index (χ2n) is 5.43. The van der Waals surface area contributed by atoms with Gasteiger partial charge in [0.25, 0.3) is 5.91 Å². The summed E-state index contributed by atoms with van der Waals surface area (Å²) < 4.78 is 0. The maximum absolute atomic E-state index is 12.4. The maximum Gasteiger partial charge on any atom is 0.276 e. The van der Waals surface area contributed by atoms with Crippen LogP contribution in [0.3, 0.4) is 0 Å². The molecule has 2 rings (SSSR count). The Hall–Kier alpha value is -1.56. The third-order valence-corrected chi connectivity index (χ3v) is 4.18. The Bertz CT molecular complexity index is 470. The van der Waals surface area contributed by atoms with E-state index in [1.807, 2.05) is 14.0 Å². The smallest absolute Gasteiger partial charge is 0.276 e. The first kappa shape index (κ1) is 14.8. The van der Waals surface area contributed by atoms with Crippen molar-refractivity contribution in [2.24, 2.45) is 0 Å². The average molecular weight is 279 g/mol. The molecule has 1 unspecified atom stereocenters. The van der Waals surface area contributed by atoms with Gasteiger partial charge in [0.15, 0.2) is 5.69 Å². The lowest BCUT2D eigenvalue weighted by atomic mass is 10.2. The summed E-state index contributed by atoms with van der Waals surface area (Å²) in [5.74, 6) is -0.0959. The van der Waals surface area contributed by atoms with Crippen LogP contribution in [-0.2, 0) is 6.42 Å². The molecule has 6 heteroatoms. The molecule has 1 amide bonds. The molecule has 1 aliphatic rings. The summed E-state index contributed by atoms with van der Waals surface area (Å²) in [7, 11) is 1.83. The van der Waals surface area contributed by atoms with Crippen LogP contribution >= 0.6 is 0 Å². The van der Waals surface area contributed by atoms with Crippen molar-refractivity contribution in [1.29, 1.82) is 0 Å². The number of aromatic nitrogens is 2. The summed E-state index contributed by atoms with van der Waals surface area (Å²) in [5.41, 5.74) is 7.64. The molecular weight excluding hydrogens is 254 g/mol. The highest BCUT2D eigenvalue weighted by atomic mass is 16.2. The van der Waals surface area contributed by atoms with Crippen LogP contribution in [0.1, 0.15) is 42.9 Å². The highest BCUT2D eigenvalue weighted by molar-refractivity contribution is 5.97. The Labute approximate surface area is 120 Å². The highest BCUT2D eigenvalue weighted by Crippen LogP contribution is 2.20. The van der Waals surface area contributed by atoms with Gasteiger partial charge in [0, 0.05) is 19.6 Å². The van der Waals surface area contributed by atoms with E-state index in [1.165, 1.54) is 6.42 Å². The zero-order valence-electron chi connectivity index (χ0n) is 12.6. The average Bonchev–Trinajstić information content (AvgIpc) is 3.04. The predicted octanol–water partition coefficient (Wildman–Crippen LogP) is 1.11. The number of carbonyl (C=O) groups excluding carboxylic acids is 1. The first-order valence-corrected chi connectivity index (χ1v) is 7.40. The Morgan fingerprint density at radius 1 is 1.55 bits per heavy atom. The molecule has 0 bridgehead atoms. The fraction of sp³-hybridized carbons (Fsp3) is 0.714. The number of likely N-dealkylation sites (tertiary alicyclic amines) is 1. The van der Waals surface area contributed by atoms with E-state index >= 15 is 0 Å². The molecule has 6 nitrogen and oxygen atoms in total. The summed E-state index contributed by atoms with van der Waals surface area (Å²) in [6, 6.07) is 0.458. The molecule has 1 saturated heterocycles. The first-order valence-electron chi connectivity index (χ1n) is 7.40. The van der Waals surface area contributed by atoms with E-state index in [9.17, 15) is 4.79 Å². The SMILES string of the molecule is CCc1[nH]nc(C(=O)N(C)CC2CCCN2CC)c1N. The molecule has 1 aromatic rings. The molecule has 1 fully saturated rings. The van der Waals surface area contributed by atoms with Crippen molar-refractivity contribution in [2.45, 2.75) is 39.2 Å². The van der Waals surface area contributed by atoms with Crippen LogP contribution in [0.2, 0.25) is 0 Å². The number of carbonyl (C=O) groups is 1. The number of aromatic amines is 1. The Kier molecular flexibility index (Phi) is 4.65. The number of anilines is 1. The van der Waals surface area contributed by atoms with Crippen molar-refractivity contribution in [1.82, 2.24) is 20.0 Å². The van der Waals surface area contributed by atoms with Crippen LogP contribution in [0.5, 0.6) is 0 Å². The Balaban J connectivity index is 2.03. The molecule has 2 heterocycles. The molecule has 20 heavy (non-hydrogen) atoms. The van der Waals surface area contributed by atoms with Gasteiger partial charge in [-0.05, 0) is 32.4 Å². The number of nitrogens with zero attached hydrogens (tertiary/aromatic N) is 3. The molecule has 0 aliphatic carbocycles. The monoisotopic (exact) mass is 279 g/mol. The molecule has 0 saturated carbocycles. The number of hydrogen-bond acceptors (Lipinski definition) is 4. The zero-order valence-corrected chi connectivity index (χ0v) is 12.6. The van der Waals surface area contributed by atoms with Gasteiger partial charge in [-0.15, -0.1) is 0 Å². The van der Waals surface area contributed by atoms with E-state index in [2.05, 4.69) is 22.0 Å². The van der Waals surface area contributed by atoms with Crippen molar-refractivity contribution in [3.8, 4) is 0 Å². The number of rotatable bonds is 5. The normalized spacial score (nSPS) is 19.4. The van der Waals surface area contributed by atoms with Crippen LogP contribution in [-0.4, -0.2) is 58.6 Å². The van der Waals surface area contributed by atoms with E-state index in [4.69, 9.17) is 5.73 Å². The second-order valence-corrected chi connectivity index (χ2v) is 5.43. The lowest BCUT2D eigenvalue weighted by Crippen LogP contribution is -2.41. The standard InChI is InChI=1S/C14H25N5O/c1-4-11-12(15)13(17-16-11)14(20)18(3)9-10-7-6-8-19(10)5-2/h10H,4-9,15H2,1-3H3,(H,16,17). The lowest BCUT2D eigenvalue weighted by molar-refractivity contribution is 0.0750. The second kappa shape index (κ2) is 6.26. The van der Waals surface area contributed by atoms with Crippen LogP contribution < -0.4 is 5.73 Å². The summed E-state index contributed by atoms with van der Waals surface area (Å²) in [4.78, 5) is 16.6. The summed E-state index contributed by atoms with van der Waals surface area (Å²) >= 11 is 0. The fourth-order valence-corrected chi connectivity index (χ4v) is 2.92. The molecule has 0 radical (unpaired) electrons. The minimum atomic E-state index is -0.0959. The number of amides is 1. The molecule has 1 atom stereocenters. The van der Waals surface area contributed by atoms with Gasteiger partial charge in [0.2, 0.25) is 0 Å². The lowest BCUT2D eigenvalue weighted by Gasteiger charge is -2.27. The third-order valence-electron chi connectivity index (χ3n) is 4.18. The largest absolute Gasteiger partial charge is 0.395 e. The molecule has 0 spiro atoms. The van der Waals surface area contributed by atoms with Crippen molar-refractivity contribution in [2.75, 3.05) is 32.4 Å². The van der Waals surface area contributed by atoms with Gasteiger partial charge in [0.05, 0.1) is 11.4 Å². The minimum absolute atomic E-state index is 0.0959. The summed E-state index contributed by atoms with van der Waals surface area (Å²) in [6.07, 6.45) is 3.12. The van der Waals surface area contributed by atoms with Crippen molar-refractivity contribution >= 4 is 11.6 Å². The van der Waals surface area contributed by atoms with Crippen LogP contribution in [0.25, 0.3) is 0 Å². The van der Waals surface area contributed by atoms with Crippen LogP contribution in [0, 0.1) is 0 Å². The quantitative estimate of drug-likeness (QED) is 0.846. The molecular formula is C14H25N5O. The van der Waals surface area contributed by atoms with Crippen molar-refractivity contribution in [3.63, 3.8) is 0 Å². The predicted molar refractivity (Wildman–Crippen MR) is 79.6 cm³/mol. The number of hydrogen-bond donors (Lipinski definition) is 2. The minimum Gasteiger partial charge on any atom is -0.395 e. The van der Waals surface area contributed by atoms with E-state index in [0.29, 0.717) is 17.4 Å². The maximum atomic E-state index is 12.4. The third kappa shape index (κ3) is 2.80. The fourth-order valence-electron chi connectivity index (χ4n) is 2.92. The van der Waals surface area contributed by atoms with Gasteiger partial charge >= 0.3 is 0 Å². The van der Waals surface area contributed by atoms with Gasteiger partial charge in [-0.25, -0.2) is 0 Å². The van der Waals surface area contributed by atoms with E-state index in [-0.39, 0.29) is 5.91 Å². The molecule has 1 aromatic heterocycles. The summed E-state index contributed by atoms with van der Waals surface area (Å²) in [5, 5.41) is 6.91. The van der Waals surface area contributed by atoms with Crippen LogP contribution in [0.15, 0.2) is 0 Å². The molecule has 112 valence electrons. The van der Waals surface area contributed by atoms with Gasteiger partial charge in [-0.1, -0.05) is 13.8 Å². The molecule has 1 aliphatic heterocycles. The molecule has 3 N–H and O–H groups in total. The topological polar surface area (TPSA) is 78.2 Å².